The number of nitrogens with two attached hydrogens (primary N) is 1. The number of hydrogen-bond donors (Lipinski definition) is 2. The summed E-state index contributed by atoms with van der Waals surface area (Å²) in [6.45, 7) is 1.88. The summed E-state index contributed by atoms with van der Waals surface area (Å²) < 4.78 is 0. The number of rotatable bonds is 1. The number of anilines is 1. The van der Waals surface area contributed by atoms with E-state index in [9.17, 15) is 9.59 Å². The average molecular weight is 194 g/mol. The predicted molar refractivity (Wildman–Crippen MR) is 50.5 cm³/mol. The molecule has 74 valence electrons. The third kappa shape index (κ3) is 2.08. The molecule has 3 N–H and O–H groups in total. The molecule has 0 aliphatic heterocycles. The molecule has 1 aromatic rings. The fraction of sp³-hybridized carbons (Fsp3) is 0.111. The van der Waals surface area contributed by atoms with Crippen LogP contribution in [0.25, 0.3) is 0 Å². The zero-order valence-corrected chi connectivity index (χ0v) is 7.60. The molecule has 14 heavy (non-hydrogen) atoms. The Hall–Kier alpha value is -1.88. The van der Waals surface area contributed by atoms with Crippen LogP contribution in [0.4, 0.5) is 5.69 Å². The Kier molecular flexibility index (Phi) is 2.83. The number of carboxylic acids is 1. The maximum Gasteiger partial charge on any atom is 0.396 e. The topological polar surface area (TPSA) is 83.6 Å². The van der Waals surface area contributed by atoms with Crippen molar-refractivity contribution in [1.82, 2.24) is 0 Å². The van der Waals surface area contributed by atoms with Gasteiger partial charge in [0, 0.05) is 0 Å². The molecule has 0 bridgehead atoms. The molecule has 0 aliphatic rings. The molecule has 1 amide bonds. The Morgan fingerprint density at radius 3 is 2.21 bits per heavy atom. The van der Waals surface area contributed by atoms with Crippen LogP contribution >= 0.6 is 0 Å². The zero-order valence-electron chi connectivity index (χ0n) is 7.60. The van der Waals surface area contributed by atoms with E-state index in [1.807, 2.05) is 6.92 Å². The third-order valence-corrected chi connectivity index (χ3v) is 1.71. The highest BCUT2D eigenvalue weighted by Gasteiger charge is 2.18. The van der Waals surface area contributed by atoms with Crippen LogP contribution in [0.15, 0.2) is 24.3 Å². The summed E-state index contributed by atoms with van der Waals surface area (Å²) in [5.74, 6) is 2.56. The monoisotopic (exact) mass is 194 g/mol. The van der Waals surface area contributed by atoms with Gasteiger partial charge in [0.05, 0.1) is 5.69 Å². The molecular weight excluding hydrogens is 184 g/mol. The van der Waals surface area contributed by atoms with Crippen molar-refractivity contribution in [1.29, 1.82) is 0 Å². The molecule has 0 fully saturated rings. The van der Waals surface area contributed by atoms with Crippen LogP contribution in [0.5, 0.6) is 0 Å². The van der Waals surface area contributed by atoms with Gasteiger partial charge in [0.15, 0.2) is 0 Å². The summed E-state index contributed by atoms with van der Waals surface area (Å²) in [6.07, 6.45) is 0. The fourth-order valence-corrected chi connectivity index (χ4v) is 0.926. The standard InChI is InChI=1S/C9H10N2O3/c1-6-2-4-7(5-3-6)11(10)8(12)9(13)14/h2-5H,10H2,1H3,(H,13,14). The highest BCUT2D eigenvalue weighted by molar-refractivity contribution is 6.36. The van der Waals surface area contributed by atoms with Gasteiger partial charge in [-0.25, -0.2) is 15.6 Å². The maximum absolute atomic E-state index is 10.9. The minimum Gasteiger partial charge on any atom is -0.474 e. The van der Waals surface area contributed by atoms with Crippen LogP contribution in [-0.2, 0) is 9.59 Å². The summed E-state index contributed by atoms with van der Waals surface area (Å²) in [6, 6.07) is 6.64. The van der Waals surface area contributed by atoms with Crippen molar-refractivity contribution in [3.8, 4) is 0 Å². The number of carbonyl (C=O) groups is 2. The first-order valence-electron chi connectivity index (χ1n) is 3.91. The number of hydrogen-bond acceptors (Lipinski definition) is 3. The van der Waals surface area contributed by atoms with E-state index >= 15 is 0 Å². The molecule has 0 atom stereocenters. The molecule has 1 aromatic carbocycles. The minimum absolute atomic E-state index is 0.350. The van der Waals surface area contributed by atoms with E-state index in [0.717, 1.165) is 5.56 Å². The van der Waals surface area contributed by atoms with Crippen molar-refractivity contribution in [2.24, 2.45) is 5.84 Å². The lowest BCUT2D eigenvalue weighted by Gasteiger charge is -2.13. The van der Waals surface area contributed by atoms with Gasteiger partial charge in [0.2, 0.25) is 0 Å². The quantitative estimate of drug-likeness (QED) is 0.291. The van der Waals surface area contributed by atoms with Gasteiger partial charge in [0.1, 0.15) is 0 Å². The zero-order chi connectivity index (χ0) is 10.7. The number of amides is 1. The highest BCUT2D eigenvalue weighted by atomic mass is 16.4. The Morgan fingerprint density at radius 2 is 1.79 bits per heavy atom. The fourth-order valence-electron chi connectivity index (χ4n) is 0.926. The lowest BCUT2D eigenvalue weighted by molar-refractivity contribution is -0.148. The summed E-state index contributed by atoms with van der Waals surface area (Å²) in [4.78, 5) is 21.2. The van der Waals surface area contributed by atoms with Gasteiger partial charge in [0.25, 0.3) is 0 Å². The average Bonchev–Trinajstić information content (AvgIpc) is 2.16. The SMILES string of the molecule is Cc1ccc(N(N)C(=O)C(=O)O)cc1. The van der Waals surface area contributed by atoms with E-state index in [1.165, 1.54) is 0 Å². The lowest BCUT2D eigenvalue weighted by Crippen LogP contribution is -2.41. The van der Waals surface area contributed by atoms with Gasteiger partial charge in [-0.05, 0) is 19.1 Å². The van der Waals surface area contributed by atoms with Gasteiger partial charge in [-0.15, -0.1) is 0 Å². The van der Waals surface area contributed by atoms with Crippen molar-refractivity contribution in [2.45, 2.75) is 6.92 Å². The van der Waals surface area contributed by atoms with Gasteiger partial charge in [-0.1, -0.05) is 17.7 Å². The molecule has 0 aromatic heterocycles. The van der Waals surface area contributed by atoms with Crippen LogP contribution in [-0.4, -0.2) is 17.0 Å². The van der Waals surface area contributed by atoms with Crippen LogP contribution in [0.1, 0.15) is 5.56 Å². The number of hydrazine groups is 1. The largest absolute Gasteiger partial charge is 0.474 e. The number of aryl methyl sites for hydroxylation is 1. The third-order valence-electron chi connectivity index (χ3n) is 1.71. The molecule has 0 radical (unpaired) electrons. The van der Waals surface area contributed by atoms with Crippen molar-refractivity contribution in [3.63, 3.8) is 0 Å². The van der Waals surface area contributed by atoms with E-state index in [1.54, 1.807) is 24.3 Å². The summed E-state index contributed by atoms with van der Waals surface area (Å²) >= 11 is 0. The minimum atomic E-state index is -1.58. The lowest BCUT2D eigenvalue weighted by atomic mass is 10.2. The highest BCUT2D eigenvalue weighted by Crippen LogP contribution is 2.11. The summed E-state index contributed by atoms with van der Waals surface area (Å²) in [7, 11) is 0. The second-order valence-corrected chi connectivity index (χ2v) is 2.82. The second kappa shape index (κ2) is 3.89. The predicted octanol–water partition coefficient (Wildman–Crippen LogP) is 0.286. The van der Waals surface area contributed by atoms with Crippen LogP contribution in [0.3, 0.4) is 0 Å². The normalized spacial score (nSPS) is 9.57. The molecule has 5 heteroatoms. The van der Waals surface area contributed by atoms with Gasteiger partial charge >= 0.3 is 11.9 Å². The molecule has 0 saturated carbocycles. The first-order chi connectivity index (χ1) is 6.52. The Balaban J connectivity index is 2.89. The number of nitrogens with zero attached hydrogens (tertiary/aromatic N) is 1. The molecule has 0 unspecified atom stereocenters. The molecule has 1 rings (SSSR count). The molecule has 0 heterocycles. The summed E-state index contributed by atoms with van der Waals surface area (Å²) in [5, 5.41) is 9.00. The van der Waals surface area contributed by atoms with E-state index in [2.05, 4.69) is 0 Å². The van der Waals surface area contributed by atoms with Gasteiger partial charge < -0.3 is 5.11 Å². The van der Waals surface area contributed by atoms with E-state index in [0.29, 0.717) is 10.7 Å². The molecule has 0 spiro atoms. The van der Waals surface area contributed by atoms with Crippen molar-refractivity contribution in [2.75, 3.05) is 5.01 Å². The van der Waals surface area contributed by atoms with Crippen LogP contribution < -0.4 is 10.9 Å². The van der Waals surface area contributed by atoms with Crippen molar-refractivity contribution < 1.29 is 14.7 Å². The second-order valence-electron chi connectivity index (χ2n) is 2.82. The number of carbonyl (C=O) groups excluding carboxylic acids is 1. The molecule has 0 saturated heterocycles. The van der Waals surface area contributed by atoms with E-state index in [4.69, 9.17) is 10.9 Å². The Labute approximate surface area is 80.7 Å². The van der Waals surface area contributed by atoms with Gasteiger partial charge in [-0.3, -0.25) is 4.79 Å². The molecule has 0 aliphatic carbocycles. The number of benzene rings is 1. The number of carboxylic acid groups (broad SMARTS) is 1. The van der Waals surface area contributed by atoms with Crippen molar-refractivity contribution >= 4 is 17.6 Å². The van der Waals surface area contributed by atoms with Crippen LogP contribution in [0.2, 0.25) is 0 Å². The maximum atomic E-state index is 10.9. The first-order valence-corrected chi connectivity index (χ1v) is 3.91. The summed E-state index contributed by atoms with van der Waals surface area (Å²) in [5.41, 5.74) is 1.35. The molecule has 5 nitrogen and oxygen atoms in total. The first kappa shape index (κ1) is 10.2. The van der Waals surface area contributed by atoms with Crippen LogP contribution in [0, 0.1) is 6.92 Å². The smallest absolute Gasteiger partial charge is 0.396 e. The number of aliphatic carboxylic acids is 1. The van der Waals surface area contributed by atoms with Crippen molar-refractivity contribution in [3.05, 3.63) is 29.8 Å². The Morgan fingerprint density at radius 1 is 1.29 bits per heavy atom. The van der Waals surface area contributed by atoms with E-state index < -0.39 is 11.9 Å². The molecular formula is C9H10N2O3. The van der Waals surface area contributed by atoms with Gasteiger partial charge in [-0.2, -0.15) is 0 Å². The van der Waals surface area contributed by atoms with E-state index in [-0.39, 0.29) is 0 Å². The Bertz CT molecular complexity index is 359.